The lowest BCUT2D eigenvalue weighted by Crippen LogP contribution is -2.09. The van der Waals surface area contributed by atoms with Crippen LogP contribution in [-0.4, -0.2) is 31.1 Å². The summed E-state index contributed by atoms with van der Waals surface area (Å²) in [7, 11) is 6.95. The molecule has 14 heavy (non-hydrogen) atoms. The Bertz CT molecular complexity index is 493. The summed E-state index contributed by atoms with van der Waals surface area (Å²) in [6.07, 6.45) is 1.61. The Hall–Kier alpha value is -1.78. The molecule has 0 aliphatic heterocycles. The number of rotatable bonds is 1. The average Bonchev–Trinajstić information content (AvgIpc) is 2.62. The van der Waals surface area contributed by atoms with E-state index in [4.69, 9.17) is 7.85 Å². The second kappa shape index (κ2) is 3.18. The second-order valence-corrected chi connectivity index (χ2v) is 2.89. The Labute approximate surface area is 81.7 Å². The van der Waals surface area contributed by atoms with E-state index < -0.39 is 5.97 Å². The molecule has 4 nitrogen and oxygen atoms in total. The van der Waals surface area contributed by atoms with Crippen LogP contribution in [0, 0.1) is 0 Å². The molecule has 1 N–H and O–H groups in total. The molecule has 1 aromatic heterocycles. The molecule has 1 aromatic carbocycles. The number of fused-ring (bicyclic) bond motifs is 1. The highest BCUT2D eigenvalue weighted by Gasteiger charge is 2.11. The van der Waals surface area contributed by atoms with Gasteiger partial charge in [-0.15, -0.1) is 0 Å². The SMILES string of the molecule is [B]c1cc(C(=O)OC)c2[nH]ncc2c1. The number of hydrogen-bond acceptors (Lipinski definition) is 3. The van der Waals surface area contributed by atoms with Crippen LogP contribution in [0.1, 0.15) is 10.4 Å². The summed E-state index contributed by atoms with van der Waals surface area (Å²) in [5.74, 6) is -0.424. The van der Waals surface area contributed by atoms with Crippen LogP contribution in [0.15, 0.2) is 18.3 Å². The summed E-state index contributed by atoms with van der Waals surface area (Å²) in [6, 6.07) is 3.30. The monoisotopic (exact) mass is 186 g/mol. The molecule has 0 unspecified atom stereocenters. The zero-order chi connectivity index (χ0) is 10.1. The minimum atomic E-state index is -0.424. The van der Waals surface area contributed by atoms with E-state index in [0.29, 0.717) is 16.5 Å². The fourth-order valence-corrected chi connectivity index (χ4v) is 1.35. The van der Waals surface area contributed by atoms with Crippen molar-refractivity contribution in [3.05, 3.63) is 23.9 Å². The number of carbonyl (C=O) groups is 1. The van der Waals surface area contributed by atoms with Gasteiger partial charge in [0.2, 0.25) is 0 Å². The summed E-state index contributed by atoms with van der Waals surface area (Å²) in [6.45, 7) is 0. The topological polar surface area (TPSA) is 55.0 Å². The van der Waals surface area contributed by atoms with Gasteiger partial charge in [0.15, 0.2) is 0 Å². The fraction of sp³-hybridized carbons (Fsp3) is 0.111. The van der Waals surface area contributed by atoms with Crippen LogP contribution in [-0.2, 0) is 4.74 Å². The van der Waals surface area contributed by atoms with Crippen molar-refractivity contribution >= 4 is 30.2 Å². The van der Waals surface area contributed by atoms with Crippen LogP contribution in [0.25, 0.3) is 10.9 Å². The van der Waals surface area contributed by atoms with Gasteiger partial charge in [-0.3, -0.25) is 5.10 Å². The molecule has 2 radical (unpaired) electrons. The Morgan fingerprint density at radius 3 is 3.07 bits per heavy atom. The predicted octanol–water partition coefficient (Wildman–Crippen LogP) is 0.143. The van der Waals surface area contributed by atoms with Crippen molar-refractivity contribution in [2.75, 3.05) is 7.11 Å². The van der Waals surface area contributed by atoms with E-state index in [1.165, 1.54) is 7.11 Å². The van der Waals surface area contributed by atoms with Crippen LogP contribution >= 0.6 is 0 Å². The normalized spacial score (nSPS) is 10.4. The van der Waals surface area contributed by atoms with Gasteiger partial charge in [0.1, 0.15) is 7.85 Å². The van der Waals surface area contributed by atoms with Gasteiger partial charge in [-0.25, -0.2) is 4.79 Å². The molecule has 0 amide bonds. The van der Waals surface area contributed by atoms with Crippen molar-refractivity contribution in [2.45, 2.75) is 0 Å². The zero-order valence-electron chi connectivity index (χ0n) is 7.57. The van der Waals surface area contributed by atoms with Crippen molar-refractivity contribution in [2.24, 2.45) is 0 Å². The number of carbonyl (C=O) groups excluding carboxylic acids is 1. The predicted molar refractivity (Wildman–Crippen MR) is 52.8 cm³/mol. The van der Waals surface area contributed by atoms with Crippen molar-refractivity contribution in [3.63, 3.8) is 0 Å². The maximum atomic E-state index is 11.4. The molecule has 0 fully saturated rings. The number of nitrogens with zero attached hydrogens (tertiary/aromatic N) is 1. The van der Waals surface area contributed by atoms with Gasteiger partial charge in [0.25, 0.3) is 0 Å². The highest BCUT2D eigenvalue weighted by Crippen LogP contribution is 2.14. The van der Waals surface area contributed by atoms with E-state index in [-0.39, 0.29) is 0 Å². The van der Waals surface area contributed by atoms with E-state index in [2.05, 4.69) is 14.9 Å². The van der Waals surface area contributed by atoms with Gasteiger partial charge >= 0.3 is 5.97 Å². The molecule has 0 bridgehead atoms. The van der Waals surface area contributed by atoms with Crippen LogP contribution < -0.4 is 5.46 Å². The molecule has 0 spiro atoms. The van der Waals surface area contributed by atoms with Crippen LogP contribution in [0.4, 0.5) is 0 Å². The molecule has 2 rings (SSSR count). The van der Waals surface area contributed by atoms with E-state index in [1.54, 1.807) is 18.3 Å². The van der Waals surface area contributed by atoms with Gasteiger partial charge in [-0.1, -0.05) is 17.6 Å². The minimum Gasteiger partial charge on any atom is -0.465 e. The highest BCUT2D eigenvalue weighted by molar-refractivity contribution is 6.34. The van der Waals surface area contributed by atoms with E-state index >= 15 is 0 Å². The fourth-order valence-electron chi connectivity index (χ4n) is 1.35. The molecule has 2 aromatic rings. The molecule has 0 saturated carbocycles. The maximum Gasteiger partial charge on any atom is 0.340 e. The van der Waals surface area contributed by atoms with E-state index in [9.17, 15) is 4.79 Å². The Kier molecular flexibility index (Phi) is 2.00. The second-order valence-electron chi connectivity index (χ2n) is 2.89. The van der Waals surface area contributed by atoms with Crippen molar-refractivity contribution in [3.8, 4) is 0 Å². The highest BCUT2D eigenvalue weighted by atomic mass is 16.5. The van der Waals surface area contributed by atoms with Gasteiger partial charge in [-0.2, -0.15) is 5.10 Å². The molecule has 68 valence electrons. The van der Waals surface area contributed by atoms with Crippen LogP contribution in [0.3, 0.4) is 0 Å². The first-order valence-electron chi connectivity index (χ1n) is 4.03. The molecule has 0 aliphatic carbocycles. The summed E-state index contributed by atoms with van der Waals surface area (Å²) >= 11 is 0. The quantitative estimate of drug-likeness (QED) is 0.509. The number of benzene rings is 1. The molecular weight excluding hydrogens is 179 g/mol. The average molecular weight is 186 g/mol. The third kappa shape index (κ3) is 1.27. The van der Waals surface area contributed by atoms with Crippen LogP contribution in [0.5, 0.6) is 0 Å². The number of esters is 1. The summed E-state index contributed by atoms with van der Waals surface area (Å²) in [5, 5.41) is 7.35. The number of nitrogens with one attached hydrogen (secondary N) is 1. The summed E-state index contributed by atoms with van der Waals surface area (Å²) in [5.41, 5.74) is 1.56. The summed E-state index contributed by atoms with van der Waals surface area (Å²) in [4.78, 5) is 11.4. The molecular formula is C9H7BN2O2. The molecule has 0 aliphatic rings. The van der Waals surface area contributed by atoms with Crippen LogP contribution in [0.2, 0.25) is 0 Å². The Balaban J connectivity index is 2.72. The summed E-state index contributed by atoms with van der Waals surface area (Å²) < 4.78 is 4.63. The third-order valence-electron chi connectivity index (χ3n) is 1.98. The number of ether oxygens (including phenoxy) is 1. The van der Waals surface area contributed by atoms with Crippen molar-refractivity contribution in [1.29, 1.82) is 0 Å². The number of aromatic amines is 1. The number of H-pyrrole nitrogens is 1. The lowest BCUT2D eigenvalue weighted by molar-refractivity contribution is 0.0603. The molecule has 0 saturated heterocycles. The number of aromatic nitrogens is 2. The van der Waals surface area contributed by atoms with Gasteiger partial charge in [0, 0.05) is 5.39 Å². The largest absolute Gasteiger partial charge is 0.465 e. The van der Waals surface area contributed by atoms with Crippen molar-refractivity contribution in [1.82, 2.24) is 10.2 Å². The standard InChI is InChI=1S/C9H7BN2O2/c1-14-9(13)7-3-6(10)2-5-4-11-12-8(5)7/h2-4H,1H3,(H,11,12). The molecule has 5 heteroatoms. The maximum absolute atomic E-state index is 11.4. The first-order chi connectivity index (χ1) is 6.72. The number of methoxy groups -OCH3 is 1. The lowest BCUT2D eigenvalue weighted by Gasteiger charge is -2.02. The first kappa shape index (κ1) is 8.81. The molecule has 0 atom stereocenters. The van der Waals surface area contributed by atoms with Gasteiger partial charge in [-0.05, 0) is 0 Å². The van der Waals surface area contributed by atoms with Gasteiger partial charge in [0.05, 0.1) is 24.4 Å². The van der Waals surface area contributed by atoms with Crippen molar-refractivity contribution < 1.29 is 9.53 Å². The van der Waals surface area contributed by atoms with E-state index in [1.807, 2.05) is 0 Å². The van der Waals surface area contributed by atoms with E-state index in [0.717, 1.165) is 5.39 Å². The zero-order valence-corrected chi connectivity index (χ0v) is 7.57. The minimum absolute atomic E-state index is 0.403. The Morgan fingerprint density at radius 2 is 2.36 bits per heavy atom. The third-order valence-corrected chi connectivity index (χ3v) is 1.98. The number of hydrogen-bond donors (Lipinski definition) is 1. The molecule has 1 heterocycles. The lowest BCUT2D eigenvalue weighted by atomic mass is 9.92. The first-order valence-corrected chi connectivity index (χ1v) is 4.03. The Morgan fingerprint density at radius 1 is 1.57 bits per heavy atom. The smallest absolute Gasteiger partial charge is 0.340 e. The van der Waals surface area contributed by atoms with Gasteiger partial charge < -0.3 is 4.74 Å².